The number of hydrogen-bond donors (Lipinski definition) is 2. The summed E-state index contributed by atoms with van der Waals surface area (Å²) in [5.41, 5.74) is -0.390. The van der Waals surface area contributed by atoms with Gasteiger partial charge in [0.1, 0.15) is 5.69 Å². The summed E-state index contributed by atoms with van der Waals surface area (Å²) in [5.74, 6) is -3.56. The summed E-state index contributed by atoms with van der Waals surface area (Å²) in [7, 11) is 0. The van der Waals surface area contributed by atoms with E-state index >= 15 is 0 Å². The second-order valence-electron chi connectivity index (χ2n) is 4.63. The molecule has 1 amide bonds. The molecule has 2 N–H and O–H groups in total. The number of carboxylic acid groups (broad SMARTS) is 1. The molecular formula is C12H14F3N3O3. The lowest BCUT2D eigenvalue weighted by Gasteiger charge is -2.11. The Labute approximate surface area is 118 Å². The van der Waals surface area contributed by atoms with Gasteiger partial charge in [0, 0.05) is 18.7 Å². The van der Waals surface area contributed by atoms with Gasteiger partial charge in [0.2, 0.25) is 5.82 Å². The van der Waals surface area contributed by atoms with E-state index in [4.69, 9.17) is 5.11 Å². The molecule has 0 radical (unpaired) electrons. The Bertz CT molecular complexity index is 546. The number of carboxylic acids is 1. The van der Waals surface area contributed by atoms with Crippen LogP contribution >= 0.6 is 0 Å². The van der Waals surface area contributed by atoms with Crippen molar-refractivity contribution in [2.45, 2.75) is 26.4 Å². The van der Waals surface area contributed by atoms with Crippen LogP contribution in [0.25, 0.3) is 0 Å². The highest BCUT2D eigenvalue weighted by Crippen LogP contribution is 2.26. The SMILES string of the molecule is Cc1cc(C(=O)NCC(C)CC(=O)O)nc(C(F)(F)F)n1. The smallest absolute Gasteiger partial charge is 0.451 e. The van der Waals surface area contributed by atoms with E-state index in [2.05, 4.69) is 15.3 Å². The molecule has 0 aliphatic rings. The lowest BCUT2D eigenvalue weighted by molar-refractivity contribution is -0.145. The van der Waals surface area contributed by atoms with Crippen molar-refractivity contribution in [1.29, 1.82) is 0 Å². The number of halogens is 3. The molecule has 1 aromatic rings. The number of aryl methyl sites for hydroxylation is 1. The molecule has 1 aromatic heterocycles. The molecule has 0 saturated carbocycles. The van der Waals surface area contributed by atoms with Crippen LogP contribution in [0, 0.1) is 12.8 Å². The van der Waals surface area contributed by atoms with Crippen molar-refractivity contribution in [3.63, 3.8) is 0 Å². The zero-order chi connectivity index (χ0) is 16.2. The van der Waals surface area contributed by atoms with Gasteiger partial charge >= 0.3 is 12.1 Å². The van der Waals surface area contributed by atoms with Gasteiger partial charge in [-0.3, -0.25) is 9.59 Å². The van der Waals surface area contributed by atoms with Crippen molar-refractivity contribution in [2.24, 2.45) is 5.92 Å². The number of carbonyl (C=O) groups excluding carboxylic acids is 1. The topological polar surface area (TPSA) is 92.2 Å². The normalized spacial score (nSPS) is 12.8. The highest BCUT2D eigenvalue weighted by Gasteiger charge is 2.35. The second kappa shape index (κ2) is 6.51. The first-order valence-electron chi connectivity index (χ1n) is 6.02. The third-order valence-corrected chi connectivity index (χ3v) is 2.47. The highest BCUT2D eigenvalue weighted by molar-refractivity contribution is 5.92. The minimum absolute atomic E-state index is 0.0149. The average Bonchev–Trinajstić information content (AvgIpc) is 2.33. The van der Waals surface area contributed by atoms with Crippen LogP contribution in [0.15, 0.2) is 6.07 Å². The largest absolute Gasteiger partial charge is 0.481 e. The fourth-order valence-electron chi connectivity index (χ4n) is 1.54. The molecule has 0 bridgehead atoms. The van der Waals surface area contributed by atoms with E-state index in [1.54, 1.807) is 6.92 Å². The van der Waals surface area contributed by atoms with Crippen LogP contribution in [-0.2, 0) is 11.0 Å². The summed E-state index contributed by atoms with van der Waals surface area (Å²) in [4.78, 5) is 28.6. The van der Waals surface area contributed by atoms with Crippen molar-refractivity contribution < 1.29 is 27.9 Å². The maximum absolute atomic E-state index is 12.5. The number of alkyl halides is 3. The van der Waals surface area contributed by atoms with Crippen molar-refractivity contribution in [1.82, 2.24) is 15.3 Å². The van der Waals surface area contributed by atoms with Gasteiger partial charge in [-0.1, -0.05) is 6.92 Å². The molecule has 6 nitrogen and oxygen atoms in total. The summed E-state index contributed by atoms with van der Waals surface area (Å²) in [6.07, 6.45) is -4.89. The minimum atomic E-state index is -4.74. The number of carbonyl (C=O) groups is 2. The fourth-order valence-corrected chi connectivity index (χ4v) is 1.54. The zero-order valence-electron chi connectivity index (χ0n) is 11.4. The van der Waals surface area contributed by atoms with E-state index in [0.29, 0.717) is 0 Å². The number of rotatable bonds is 5. The van der Waals surface area contributed by atoms with Gasteiger partial charge in [-0.25, -0.2) is 9.97 Å². The Hall–Kier alpha value is -2.19. The van der Waals surface area contributed by atoms with E-state index in [0.717, 1.165) is 6.07 Å². The van der Waals surface area contributed by atoms with Gasteiger partial charge in [0.05, 0.1) is 0 Å². The number of nitrogens with one attached hydrogen (secondary N) is 1. The molecule has 0 aromatic carbocycles. The van der Waals surface area contributed by atoms with Crippen LogP contribution < -0.4 is 5.32 Å². The van der Waals surface area contributed by atoms with Crippen molar-refractivity contribution in [3.05, 3.63) is 23.3 Å². The van der Waals surface area contributed by atoms with Crippen LogP contribution in [0.5, 0.6) is 0 Å². The molecule has 0 spiro atoms. The third kappa shape index (κ3) is 5.36. The third-order valence-electron chi connectivity index (χ3n) is 2.47. The van der Waals surface area contributed by atoms with Crippen LogP contribution in [0.1, 0.15) is 35.4 Å². The Morgan fingerprint density at radius 3 is 2.52 bits per heavy atom. The van der Waals surface area contributed by atoms with E-state index in [9.17, 15) is 22.8 Å². The molecule has 21 heavy (non-hydrogen) atoms. The van der Waals surface area contributed by atoms with E-state index in [1.165, 1.54) is 6.92 Å². The van der Waals surface area contributed by atoms with Gasteiger partial charge in [-0.2, -0.15) is 13.2 Å². The molecule has 1 rings (SSSR count). The Morgan fingerprint density at radius 1 is 1.38 bits per heavy atom. The quantitative estimate of drug-likeness (QED) is 0.863. The molecule has 116 valence electrons. The van der Waals surface area contributed by atoms with Gasteiger partial charge in [0.25, 0.3) is 5.91 Å². The van der Waals surface area contributed by atoms with Crippen molar-refractivity contribution >= 4 is 11.9 Å². The molecule has 1 atom stereocenters. The summed E-state index contributed by atoms with van der Waals surface area (Å²) < 4.78 is 37.6. The van der Waals surface area contributed by atoms with E-state index in [1.807, 2.05) is 0 Å². The second-order valence-corrected chi connectivity index (χ2v) is 4.63. The van der Waals surface area contributed by atoms with Gasteiger partial charge in [-0.05, 0) is 18.9 Å². The van der Waals surface area contributed by atoms with Crippen LogP contribution in [0.4, 0.5) is 13.2 Å². The number of nitrogens with zero attached hydrogens (tertiary/aromatic N) is 2. The molecule has 9 heteroatoms. The highest BCUT2D eigenvalue weighted by atomic mass is 19.4. The molecule has 1 unspecified atom stereocenters. The summed E-state index contributed by atoms with van der Waals surface area (Å²) in [6, 6.07) is 1.13. The van der Waals surface area contributed by atoms with E-state index < -0.39 is 29.6 Å². The number of aliphatic carboxylic acids is 1. The van der Waals surface area contributed by atoms with Gasteiger partial charge in [-0.15, -0.1) is 0 Å². The Kier molecular flexibility index (Phi) is 5.23. The first kappa shape index (κ1) is 16.9. The molecule has 0 aliphatic heterocycles. The molecule has 0 fully saturated rings. The monoisotopic (exact) mass is 305 g/mol. The minimum Gasteiger partial charge on any atom is -0.481 e. The maximum Gasteiger partial charge on any atom is 0.451 e. The first-order valence-corrected chi connectivity index (χ1v) is 6.02. The Balaban J connectivity index is 2.79. The number of amides is 1. The van der Waals surface area contributed by atoms with Gasteiger partial charge in [0.15, 0.2) is 0 Å². The summed E-state index contributed by atoms with van der Waals surface area (Å²) in [5, 5.41) is 10.9. The Morgan fingerprint density at radius 2 is 2.00 bits per heavy atom. The lowest BCUT2D eigenvalue weighted by Crippen LogP contribution is -2.30. The van der Waals surface area contributed by atoms with Crippen LogP contribution in [-0.4, -0.2) is 33.5 Å². The van der Waals surface area contributed by atoms with Crippen LogP contribution in [0.2, 0.25) is 0 Å². The molecule has 0 aliphatic carbocycles. The zero-order valence-corrected chi connectivity index (χ0v) is 11.4. The lowest BCUT2D eigenvalue weighted by atomic mass is 10.1. The predicted octanol–water partition coefficient (Wildman–Crippen LogP) is 1.64. The standard InChI is InChI=1S/C12H14F3N3O3/c1-6(3-9(19)20)5-16-10(21)8-4-7(2)17-11(18-8)12(13,14)15/h4,6H,3,5H2,1-2H3,(H,16,21)(H,19,20). The summed E-state index contributed by atoms with van der Waals surface area (Å²) >= 11 is 0. The van der Waals surface area contributed by atoms with Crippen LogP contribution in [0.3, 0.4) is 0 Å². The molecule has 0 saturated heterocycles. The average molecular weight is 305 g/mol. The molecule has 1 heterocycles. The summed E-state index contributed by atoms with van der Waals surface area (Å²) in [6.45, 7) is 2.94. The number of aromatic nitrogens is 2. The predicted molar refractivity (Wildman–Crippen MR) is 65.5 cm³/mol. The van der Waals surface area contributed by atoms with Crippen molar-refractivity contribution in [2.75, 3.05) is 6.54 Å². The first-order chi connectivity index (χ1) is 9.59. The molecular weight excluding hydrogens is 291 g/mol. The maximum atomic E-state index is 12.5. The van der Waals surface area contributed by atoms with Crippen molar-refractivity contribution in [3.8, 4) is 0 Å². The number of hydrogen-bond acceptors (Lipinski definition) is 4. The fraction of sp³-hybridized carbons (Fsp3) is 0.500. The van der Waals surface area contributed by atoms with Gasteiger partial charge < -0.3 is 10.4 Å². The van der Waals surface area contributed by atoms with E-state index in [-0.39, 0.29) is 24.6 Å².